The first-order chi connectivity index (χ1) is 24.7. The van der Waals surface area contributed by atoms with E-state index in [2.05, 4.69) is 46.5 Å². The van der Waals surface area contributed by atoms with E-state index in [1.54, 1.807) is 12.1 Å². The number of methoxy groups -OCH3 is 1. The van der Waals surface area contributed by atoms with Crippen LogP contribution in [-0.2, 0) is 24.7 Å². The van der Waals surface area contributed by atoms with E-state index in [0.29, 0.717) is 23.6 Å². The van der Waals surface area contributed by atoms with Gasteiger partial charge in [-0.2, -0.15) is 28.1 Å². The second kappa shape index (κ2) is 15.8. The molecule has 2 aromatic heterocycles. The Bertz CT molecular complexity index is 1930. The summed E-state index contributed by atoms with van der Waals surface area (Å²) in [6.45, 7) is -2.14. The average molecular weight is 744 g/mol. The first kappa shape index (κ1) is 37.0. The number of hydrogen-bond donors (Lipinski definition) is 6. The molecule has 6 N–H and O–H groups in total. The predicted octanol–water partition coefficient (Wildman–Crippen LogP) is 3.44. The van der Waals surface area contributed by atoms with Crippen LogP contribution in [0.1, 0.15) is 28.8 Å². The van der Waals surface area contributed by atoms with Crippen molar-refractivity contribution in [3.05, 3.63) is 83.0 Å². The quantitative estimate of drug-likeness (QED) is 0.0855. The molecule has 1 atom stereocenters. The van der Waals surface area contributed by atoms with Crippen LogP contribution in [0.15, 0.2) is 66.9 Å². The Kier molecular flexibility index (Phi) is 11.2. The number of ether oxygens (including phenoxy) is 2. The van der Waals surface area contributed by atoms with Gasteiger partial charge in [-0.25, -0.2) is 9.78 Å². The van der Waals surface area contributed by atoms with Crippen LogP contribution in [0.25, 0.3) is 0 Å². The lowest BCUT2D eigenvalue weighted by atomic mass is 10.1. The van der Waals surface area contributed by atoms with Gasteiger partial charge >= 0.3 is 30.0 Å². The molecule has 1 saturated carbocycles. The van der Waals surface area contributed by atoms with Gasteiger partial charge in [-0.3, -0.25) is 14.4 Å². The average Bonchev–Trinajstić information content (AvgIpc) is 3.90. The molecule has 1 fully saturated rings. The van der Waals surface area contributed by atoms with Crippen LogP contribution in [0.4, 0.5) is 36.4 Å². The van der Waals surface area contributed by atoms with Crippen molar-refractivity contribution in [1.82, 2.24) is 30.6 Å². The zero-order valence-electron chi connectivity index (χ0n) is 27.0. The number of amides is 3. The summed E-state index contributed by atoms with van der Waals surface area (Å²) in [5, 5.41) is 22.7. The van der Waals surface area contributed by atoms with Crippen molar-refractivity contribution >= 4 is 58.6 Å². The molecule has 52 heavy (non-hydrogen) atoms. The molecule has 3 amide bonds. The van der Waals surface area contributed by atoms with Gasteiger partial charge in [0.25, 0.3) is 5.91 Å². The molecule has 5 rings (SSSR count). The molecule has 0 radical (unpaired) electrons. The van der Waals surface area contributed by atoms with Gasteiger partial charge in [-0.05, 0) is 60.9 Å². The van der Waals surface area contributed by atoms with Crippen LogP contribution < -0.4 is 31.3 Å². The lowest BCUT2D eigenvalue weighted by Gasteiger charge is -2.19. The number of carbonyl (C=O) groups excluding carboxylic acids is 4. The van der Waals surface area contributed by atoms with E-state index >= 15 is 0 Å². The standard InChI is InChI=1S/C32H29ClF3N9O7/c1-51-27(50)22(15-38-25(48)26(49)39-21-10-11-23(46)37-14-21)41-24(47)17-2-8-20(9-3-17)40-28-42-29(44-30(43-28)52-16-32(34,35)36)45-31(12-13-31)18-4-6-19(33)7-5-18/h2-11,14,22H,12-13,15-16H2,1H3,(H,37,46)(H,38,48)(H,39,49)(H,41,47)(H2,40,42,43,44,45)/t22-/m0/s1. The summed E-state index contributed by atoms with van der Waals surface area (Å²) < 4.78 is 48.3. The highest BCUT2D eigenvalue weighted by molar-refractivity contribution is 6.39. The molecule has 20 heteroatoms. The highest BCUT2D eigenvalue weighted by Crippen LogP contribution is 2.48. The summed E-state index contributed by atoms with van der Waals surface area (Å²) in [5.74, 6) is -4.39. The maximum atomic E-state index is 13.0. The number of pyridine rings is 1. The summed E-state index contributed by atoms with van der Waals surface area (Å²) in [6.07, 6.45) is -2.13. The summed E-state index contributed by atoms with van der Waals surface area (Å²) in [4.78, 5) is 65.7. The van der Waals surface area contributed by atoms with Crippen LogP contribution in [0.3, 0.4) is 0 Å². The molecule has 0 spiro atoms. The van der Waals surface area contributed by atoms with Gasteiger partial charge in [0, 0.05) is 28.9 Å². The molecule has 1 aliphatic rings. The van der Waals surface area contributed by atoms with E-state index in [9.17, 15) is 37.5 Å². The van der Waals surface area contributed by atoms with E-state index in [1.165, 1.54) is 36.4 Å². The first-order valence-electron chi connectivity index (χ1n) is 15.2. The lowest BCUT2D eigenvalue weighted by molar-refractivity contribution is -0.154. The molecular formula is C32H29ClF3N9O7. The summed E-state index contributed by atoms with van der Waals surface area (Å²) >= 11 is 6.01. The number of aromatic hydroxyl groups is 1. The Hall–Kier alpha value is -6.24. The van der Waals surface area contributed by atoms with E-state index in [1.807, 2.05) is 12.1 Å². The third kappa shape index (κ3) is 10.2. The van der Waals surface area contributed by atoms with Gasteiger partial charge in [0.15, 0.2) is 6.61 Å². The number of benzene rings is 2. The van der Waals surface area contributed by atoms with E-state index in [0.717, 1.165) is 18.9 Å². The Labute approximate surface area is 297 Å². The fourth-order valence-electron chi connectivity index (χ4n) is 4.61. The highest BCUT2D eigenvalue weighted by Gasteiger charge is 2.45. The van der Waals surface area contributed by atoms with Gasteiger partial charge < -0.3 is 41.2 Å². The largest absolute Gasteiger partial charge is 0.493 e. The van der Waals surface area contributed by atoms with Gasteiger partial charge in [-0.1, -0.05) is 23.7 Å². The van der Waals surface area contributed by atoms with Crippen molar-refractivity contribution in [2.75, 3.05) is 36.2 Å². The van der Waals surface area contributed by atoms with Gasteiger partial charge in [-0.15, -0.1) is 0 Å². The molecule has 16 nitrogen and oxygen atoms in total. The molecule has 2 aromatic carbocycles. The van der Waals surface area contributed by atoms with Crippen molar-refractivity contribution in [1.29, 1.82) is 0 Å². The fraction of sp³-hybridized carbons (Fsp3) is 0.250. The Morgan fingerprint density at radius 2 is 1.60 bits per heavy atom. The minimum Gasteiger partial charge on any atom is -0.493 e. The molecule has 1 aliphatic carbocycles. The molecule has 2 heterocycles. The number of hydrogen-bond acceptors (Lipinski definition) is 13. The SMILES string of the molecule is COC(=O)[C@H](CNC(=O)C(=O)Nc1ccc(O)nc1)NC(=O)c1ccc(Nc2nc(NC3(c4ccc(Cl)cc4)CC3)nc(OCC(F)(F)F)n2)cc1. The number of nitrogens with one attached hydrogen (secondary N) is 5. The number of aromatic nitrogens is 4. The number of alkyl halides is 3. The zero-order chi connectivity index (χ0) is 37.5. The minimum atomic E-state index is -4.65. The summed E-state index contributed by atoms with van der Waals surface area (Å²) in [6, 6.07) is 13.2. The van der Waals surface area contributed by atoms with Crippen LogP contribution in [0.2, 0.25) is 5.02 Å². The monoisotopic (exact) mass is 743 g/mol. The maximum Gasteiger partial charge on any atom is 0.422 e. The van der Waals surface area contributed by atoms with Crippen LogP contribution in [-0.4, -0.2) is 81.2 Å². The predicted molar refractivity (Wildman–Crippen MR) is 178 cm³/mol. The van der Waals surface area contributed by atoms with Crippen molar-refractivity contribution < 1.29 is 46.9 Å². The number of halogens is 4. The summed E-state index contributed by atoms with van der Waals surface area (Å²) in [7, 11) is 1.07. The second-order valence-corrected chi connectivity index (χ2v) is 11.6. The molecule has 0 saturated heterocycles. The van der Waals surface area contributed by atoms with Crippen molar-refractivity contribution in [2.24, 2.45) is 0 Å². The summed E-state index contributed by atoms with van der Waals surface area (Å²) in [5.41, 5.74) is 0.819. The zero-order valence-corrected chi connectivity index (χ0v) is 27.7. The molecule has 0 bridgehead atoms. The maximum absolute atomic E-state index is 13.0. The lowest BCUT2D eigenvalue weighted by Crippen LogP contribution is -2.50. The van der Waals surface area contributed by atoms with Crippen LogP contribution >= 0.6 is 11.6 Å². The number of carbonyl (C=O) groups is 4. The Balaban J connectivity index is 1.23. The van der Waals surface area contributed by atoms with Crippen molar-refractivity contribution in [3.8, 4) is 11.9 Å². The normalized spacial score (nSPS) is 13.6. The van der Waals surface area contributed by atoms with Crippen molar-refractivity contribution in [2.45, 2.75) is 30.6 Å². The minimum absolute atomic E-state index is 0.0473. The molecule has 0 aliphatic heterocycles. The molecule has 4 aromatic rings. The number of nitrogens with zero attached hydrogens (tertiary/aromatic N) is 4. The van der Waals surface area contributed by atoms with Gasteiger partial charge in [0.05, 0.1) is 24.5 Å². The number of rotatable bonds is 13. The Morgan fingerprint density at radius 1 is 0.923 bits per heavy atom. The molecular weight excluding hydrogens is 715 g/mol. The first-order valence-corrected chi connectivity index (χ1v) is 15.6. The molecule has 272 valence electrons. The molecule has 0 unspecified atom stereocenters. The van der Waals surface area contributed by atoms with E-state index in [-0.39, 0.29) is 29.0 Å². The topological polar surface area (TPSA) is 219 Å². The smallest absolute Gasteiger partial charge is 0.422 e. The van der Waals surface area contributed by atoms with Crippen LogP contribution in [0, 0.1) is 0 Å². The third-order valence-corrected chi connectivity index (χ3v) is 7.60. The Morgan fingerprint density at radius 3 is 2.21 bits per heavy atom. The fourth-order valence-corrected chi connectivity index (χ4v) is 4.73. The third-order valence-electron chi connectivity index (χ3n) is 7.35. The highest BCUT2D eigenvalue weighted by atomic mass is 35.5. The van der Waals surface area contributed by atoms with E-state index < -0.39 is 60.6 Å². The second-order valence-electron chi connectivity index (χ2n) is 11.2. The van der Waals surface area contributed by atoms with Crippen LogP contribution in [0.5, 0.6) is 11.9 Å². The van der Waals surface area contributed by atoms with E-state index in [4.69, 9.17) is 21.1 Å². The number of anilines is 4. The number of esters is 1. The van der Waals surface area contributed by atoms with Crippen molar-refractivity contribution in [3.63, 3.8) is 0 Å². The van der Waals surface area contributed by atoms with Gasteiger partial charge in [0.2, 0.25) is 17.8 Å². The van der Waals surface area contributed by atoms with Gasteiger partial charge in [0.1, 0.15) is 6.04 Å².